The molecule has 0 fully saturated rings. The normalized spacial score (nSPS) is 11.6. The summed E-state index contributed by atoms with van der Waals surface area (Å²) in [4.78, 5) is 8.50. The third kappa shape index (κ3) is 7.25. The number of guanidine groups is 1. The number of halogens is 1. The topological polar surface area (TPSA) is 49.3 Å². The molecule has 0 aliphatic rings. The number of aromatic nitrogens is 1. The molecule has 0 unspecified atom stereocenters. The monoisotopic (exact) mass is 398 g/mol. The Kier molecular flexibility index (Phi) is 9.14. The Morgan fingerprint density at radius 2 is 2.20 bits per heavy atom. The Morgan fingerprint density at radius 1 is 1.32 bits per heavy atom. The first-order chi connectivity index (χ1) is 12.2. The molecular formula is C17H23FN4S3. The van der Waals surface area contributed by atoms with E-state index in [-0.39, 0.29) is 5.82 Å². The van der Waals surface area contributed by atoms with Gasteiger partial charge >= 0.3 is 0 Å². The summed E-state index contributed by atoms with van der Waals surface area (Å²) in [6.07, 6.45) is 4.88. The van der Waals surface area contributed by atoms with Crippen LogP contribution in [0.5, 0.6) is 0 Å². The molecule has 1 aromatic carbocycles. The zero-order valence-corrected chi connectivity index (χ0v) is 16.9. The second-order valence-corrected chi connectivity index (χ2v) is 8.30. The maximum atomic E-state index is 13.4. The van der Waals surface area contributed by atoms with Crippen molar-refractivity contribution in [3.63, 3.8) is 0 Å². The molecule has 1 aromatic heterocycles. The first-order valence-corrected chi connectivity index (χ1v) is 11.2. The summed E-state index contributed by atoms with van der Waals surface area (Å²) in [7, 11) is 1.76. The highest BCUT2D eigenvalue weighted by Crippen LogP contribution is 2.20. The van der Waals surface area contributed by atoms with Gasteiger partial charge in [-0.05, 0) is 35.9 Å². The Labute approximate surface area is 161 Å². The lowest BCUT2D eigenvalue weighted by Crippen LogP contribution is -2.37. The van der Waals surface area contributed by atoms with Gasteiger partial charge in [-0.1, -0.05) is 17.8 Å². The molecule has 0 saturated heterocycles. The molecular weight excluding hydrogens is 375 g/mol. The van der Waals surface area contributed by atoms with Gasteiger partial charge in [0.2, 0.25) is 0 Å². The van der Waals surface area contributed by atoms with Crippen molar-refractivity contribution in [2.75, 3.05) is 25.6 Å². The van der Waals surface area contributed by atoms with E-state index in [9.17, 15) is 4.39 Å². The fourth-order valence-electron chi connectivity index (χ4n) is 2.18. The van der Waals surface area contributed by atoms with Crippen LogP contribution >= 0.6 is 34.9 Å². The van der Waals surface area contributed by atoms with Crippen LogP contribution < -0.4 is 10.6 Å². The van der Waals surface area contributed by atoms with Crippen molar-refractivity contribution in [1.82, 2.24) is 15.6 Å². The van der Waals surface area contributed by atoms with Crippen LogP contribution in [0.3, 0.4) is 0 Å². The van der Waals surface area contributed by atoms with Gasteiger partial charge in [-0.2, -0.15) is 11.8 Å². The van der Waals surface area contributed by atoms with E-state index < -0.39 is 0 Å². The summed E-state index contributed by atoms with van der Waals surface area (Å²) in [5, 5.41) is 8.60. The van der Waals surface area contributed by atoms with Crippen molar-refractivity contribution < 1.29 is 4.39 Å². The molecule has 0 aliphatic heterocycles. The summed E-state index contributed by atoms with van der Waals surface area (Å²) < 4.78 is 14.5. The van der Waals surface area contributed by atoms with E-state index in [0.29, 0.717) is 6.54 Å². The fourth-order valence-corrected chi connectivity index (χ4v) is 4.40. The molecule has 136 valence electrons. The number of nitrogens with zero attached hydrogens (tertiary/aromatic N) is 2. The van der Waals surface area contributed by atoms with Gasteiger partial charge in [0.05, 0.1) is 0 Å². The van der Waals surface area contributed by atoms with E-state index in [2.05, 4.69) is 20.6 Å². The van der Waals surface area contributed by atoms with Gasteiger partial charge < -0.3 is 10.6 Å². The highest BCUT2D eigenvalue weighted by Gasteiger charge is 2.05. The van der Waals surface area contributed by atoms with Gasteiger partial charge in [-0.3, -0.25) is 4.99 Å². The maximum Gasteiger partial charge on any atom is 0.191 e. The van der Waals surface area contributed by atoms with Gasteiger partial charge in [0.1, 0.15) is 10.2 Å². The molecule has 2 N–H and O–H groups in total. The van der Waals surface area contributed by atoms with Crippen LogP contribution in [0.2, 0.25) is 0 Å². The van der Waals surface area contributed by atoms with Crippen LogP contribution in [0.4, 0.5) is 4.39 Å². The lowest BCUT2D eigenvalue weighted by molar-refractivity contribution is 0.625. The standard InChI is InChI=1S/C17H23FN4S3/c1-19-16(20-6-3-8-24-17-21-7-9-25-17)22-11-13-4-5-15(18)10-14(13)12-23-2/h4-5,7,9-10H,3,6,8,11-12H2,1-2H3,(H2,19,20,22). The Hall–Kier alpha value is -1.25. The summed E-state index contributed by atoms with van der Waals surface area (Å²) in [5.74, 6) is 2.40. The van der Waals surface area contributed by atoms with Crippen molar-refractivity contribution in [2.24, 2.45) is 4.99 Å². The predicted molar refractivity (Wildman–Crippen MR) is 109 cm³/mol. The average molecular weight is 399 g/mol. The number of thioether (sulfide) groups is 2. The number of rotatable bonds is 9. The van der Waals surface area contributed by atoms with Gasteiger partial charge in [-0.25, -0.2) is 9.37 Å². The van der Waals surface area contributed by atoms with Crippen molar-refractivity contribution in [3.05, 3.63) is 46.7 Å². The van der Waals surface area contributed by atoms with Crippen molar-refractivity contribution in [1.29, 1.82) is 0 Å². The molecule has 0 bridgehead atoms. The van der Waals surface area contributed by atoms with Crippen molar-refractivity contribution in [2.45, 2.75) is 23.1 Å². The molecule has 0 saturated carbocycles. The number of hydrogen-bond donors (Lipinski definition) is 2. The highest BCUT2D eigenvalue weighted by molar-refractivity contribution is 8.01. The molecule has 4 nitrogen and oxygen atoms in total. The second kappa shape index (κ2) is 11.4. The first-order valence-electron chi connectivity index (χ1n) is 7.96. The number of nitrogens with one attached hydrogen (secondary N) is 2. The quantitative estimate of drug-likeness (QED) is 0.289. The van der Waals surface area contributed by atoms with Crippen LogP contribution in [0.25, 0.3) is 0 Å². The first kappa shape index (κ1) is 20.1. The van der Waals surface area contributed by atoms with Gasteiger partial charge in [0, 0.05) is 43.2 Å². The van der Waals surface area contributed by atoms with Crippen LogP contribution in [0, 0.1) is 5.82 Å². The van der Waals surface area contributed by atoms with Gasteiger partial charge in [-0.15, -0.1) is 11.3 Å². The molecule has 2 aromatic rings. The minimum atomic E-state index is -0.187. The smallest absolute Gasteiger partial charge is 0.191 e. The predicted octanol–water partition coefficient (Wildman–Crippen LogP) is 3.99. The summed E-state index contributed by atoms with van der Waals surface area (Å²) in [6, 6.07) is 4.96. The van der Waals surface area contributed by atoms with Crippen LogP contribution in [-0.2, 0) is 12.3 Å². The molecule has 0 aliphatic carbocycles. The Morgan fingerprint density at radius 3 is 2.92 bits per heavy atom. The van der Waals surface area contributed by atoms with Gasteiger partial charge in [0.25, 0.3) is 0 Å². The minimum Gasteiger partial charge on any atom is -0.356 e. The van der Waals surface area contributed by atoms with Crippen LogP contribution in [0.1, 0.15) is 17.5 Å². The third-order valence-corrected chi connectivity index (χ3v) is 6.04. The molecule has 0 amide bonds. The number of hydrogen-bond acceptors (Lipinski definition) is 5. The van der Waals surface area contributed by atoms with Crippen LogP contribution in [0.15, 0.2) is 39.1 Å². The summed E-state index contributed by atoms with van der Waals surface area (Å²) in [5.41, 5.74) is 2.12. The van der Waals surface area contributed by atoms with E-state index in [0.717, 1.165) is 45.9 Å². The Bertz CT molecular complexity index is 662. The van der Waals surface area contributed by atoms with E-state index >= 15 is 0 Å². The largest absolute Gasteiger partial charge is 0.356 e. The van der Waals surface area contributed by atoms with E-state index in [1.807, 2.05) is 23.9 Å². The number of benzene rings is 1. The van der Waals surface area contributed by atoms with E-state index in [4.69, 9.17) is 0 Å². The number of aliphatic imine (C=N–C) groups is 1. The van der Waals surface area contributed by atoms with Crippen molar-refractivity contribution in [3.8, 4) is 0 Å². The zero-order chi connectivity index (χ0) is 17.9. The SMILES string of the molecule is CN=C(NCCCSc1nccs1)NCc1ccc(F)cc1CSC. The molecule has 0 radical (unpaired) electrons. The summed E-state index contributed by atoms with van der Waals surface area (Å²) in [6.45, 7) is 1.48. The maximum absolute atomic E-state index is 13.4. The Balaban J connectivity index is 1.73. The fraction of sp³-hybridized carbons (Fsp3) is 0.412. The van der Waals surface area contributed by atoms with Crippen molar-refractivity contribution >= 4 is 40.8 Å². The molecule has 2 rings (SSSR count). The summed E-state index contributed by atoms with van der Waals surface area (Å²) >= 11 is 5.13. The molecule has 1 heterocycles. The molecule has 8 heteroatoms. The van der Waals surface area contributed by atoms with Gasteiger partial charge in [0.15, 0.2) is 5.96 Å². The molecule has 0 spiro atoms. The molecule has 0 atom stereocenters. The molecule has 25 heavy (non-hydrogen) atoms. The number of thiazole rings is 1. The van der Waals surface area contributed by atoms with E-state index in [1.54, 1.807) is 48.0 Å². The lowest BCUT2D eigenvalue weighted by Gasteiger charge is -2.14. The van der Waals surface area contributed by atoms with Crippen LogP contribution in [-0.4, -0.2) is 36.5 Å². The second-order valence-electron chi connectivity index (χ2n) is 5.20. The highest BCUT2D eigenvalue weighted by atomic mass is 32.2. The van der Waals surface area contributed by atoms with E-state index in [1.165, 1.54) is 6.07 Å². The lowest BCUT2D eigenvalue weighted by atomic mass is 10.1. The third-order valence-electron chi connectivity index (χ3n) is 3.39. The zero-order valence-electron chi connectivity index (χ0n) is 14.4. The average Bonchev–Trinajstić information content (AvgIpc) is 3.12. The minimum absolute atomic E-state index is 0.187.